The summed E-state index contributed by atoms with van der Waals surface area (Å²) in [5, 5.41) is 17.4. The molecule has 1 aromatic carbocycles. The summed E-state index contributed by atoms with van der Waals surface area (Å²) in [6.07, 6.45) is 4.69. The van der Waals surface area contributed by atoms with Gasteiger partial charge in [-0.3, -0.25) is 9.48 Å². The molecule has 1 amide bonds. The van der Waals surface area contributed by atoms with Gasteiger partial charge in [-0.05, 0) is 68.4 Å². The first kappa shape index (κ1) is 20.3. The van der Waals surface area contributed by atoms with Crippen molar-refractivity contribution < 1.29 is 9.90 Å². The van der Waals surface area contributed by atoms with E-state index >= 15 is 0 Å². The normalized spacial score (nSPS) is 18.5. The number of carbonyl (C=O) groups excluding carboxylic acids is 1. The highest BCUT2D eigenvalue weighted by Gasteiger charge is 2.27. The monoisotopic (exact) mass is 404 g/mol. The molecule has 1 unspecified atom stereocenters. The lowest BCUT2D eigenvalue weighted by Gasteiger charge is -2.17. The molecule has 0 saturated heterocycles. The highest BCUT2D eigenvalue weighted by atomic mass is 16.3. The van der Waals surface area contributed by atoms with E-state index in [1.165, 1.54) is 5.56 Å². The molecular formula is C24H28N4O2. The van der Waals surface area contributed by atoms with Crippen LogP contribution in [0.1, 0.15) is 52.1 Å². The molecule has 1 aliphatic carbocycles. The Morgan fingerprint density at radius 2 is 1.97 bits per heavy atom. The van der Waals surface area contributed by atoms with Crippen molar-refractivity contribution in [1.29, 1.82) is 0 Å². The molecule has 6 nitrogen and oxygen atoms in total. The summed E-state index contributed by atoms with van der Waals surface area (Å²) >= 11 is 0. The van der Waals surface area contributed by atoms with Gasteiger partial charge < -0.3 is 10.4 Å². The lowest BCUT2D eigenvalue weighted by Crippen LogP contribution is -2.40. The Kier molecular flexibility index (Phi) is 5.68. The van der Waals surface area contributed by atoms with Crippen molar-refractivity contribution in [2.24, 2.45) is 7.05 Å². The molecule has 4 rings (SSSR count). The Morgan fingerprint density at radius 1 is 1.20 bits per heavy atom. The molecule has 0 radical (unpaired) electrons. The van der Waals surface area contributed by atoms with Crippen molar-refractivity contribution >= 4 is 5.91 Å². The van der Waals surface area contributed by atoms with Gasteiger partial charge in [0.1, 0.15) is 5.69 Å². The predicted octanol–water partition coefficient (Wildman–Crippen LogP) is 3.33. The zero-order chi connectivity index (χ0) is 21.3. The van der Waals surface area contributed by atoms with E-state index in [1.54, 1.807) is 4.68 Å². The third-order valence-electron chi connectivity index (χ3n) is 6.01. The number of nitrogens with zero attached hydrogens (tertiary/aromatic N) is 3. The minimum absolute atomic E-state index is 0.177. The van der Waals surface area contributed by atoms with Crippen LogP contribution in [0.2, 0.25) is 0 Å². The van der Waals surface area contributed by atoms with E-state index in [4.69, 9.17) is 0 Å². The maximum Gasteiger partial charge on any atom is 0.270 e. The van der Waals surface area contributed by atoms with Gasteiger partial charge in [0.2, 0.25) is 0 Å². The topological polar surface area (TPSA) is 80.0 Å². The Bertz CT molecular complexity index is 1060. The predicted molar refractivity (Wildman–Crippen MR) is 116 cm³/mol. The van der Waals surface area contributed by atoms with Crippen LogP contribution in [0.15, 0.2) is 42.6 Å². The second kappa shape index (κ2) is 8.40. The summed E-state index contributed by atoms with van der Waals surface area (Å²) in [5.41, 5.74) is 6.66. The minimum Gasteiger partial charge on any atom is -0.391 e. The van der Waals surface area contributed by atoms with Gasteiger partial charge in [-0.15, -0.1) is 0 Å². The van der Waals surface area contributed by atoms with Gasteiger partial charge in [-0.1, -0.05) is 24.3 Å². The highest BCUT2D eigenvalue weighted by Crippen LogP contribution is 2.22. The van der Waals surface area contributed by atoms with Crippen molar-refractivity contribution in [3.8, 4) is 11.3 Å². The van der Waals surface area contributed by atoms with Crippen molar-refractivity contribution in [1.82, 2.24) is 20.1 Å². The number of nitrogens with one attached hydrogen (secondary N) is 1. The highest BCUT2D eigenvalue weighted by molar-refractivity contribution is 5.93. The van der Waals surface area contributed by atoms with Gasteiger partial charge in [-0.2, -0.15) is 5.10 Å². The largest absolute Gasteiger partial charge is 0.391 e. The van der Waals surface area contributed by atoms with Gasteiger partial charge >= 0.3 is 0 Å². The molecule has 2 aromatic heterocycles. The summed E-state index contributed by atoms with van der Waals surface area (Å²) < 4.78 is 1.80. The van der Waals surface area contributed by atoms with E-state index in [2.05, 4.69) is 39.7 Å². The van der Waals surface area contributed by atoms with E-state index in [1.807, 2.05) is 39.2 Å². The van der Waals surface area contributed by atoms with E-state index < -0.39 is 6.10 Å². The molecule has 1 fully saturated rings. The molecule has 2 heterocycles. The molecular weight excluding hydrogens is 376 g/mol. The van der Waals surface area contributed by atoms with Crippen LogP contribution in [-0.4, -0.2) is 37.9 Å². The Morgan fingerprint density at radius 3 is 2.60 bits per heavy atom. The maximum absolute atomic E-state index is 12.7. The second-order valence-electron chi connectivity index (χ2n) is 8.20. The van der Waals surface area contributed by atoms with Crippen molar-refractivity contribution in [2.75, 3.05) is 0 Å². The molecule has 156 valence electrons. The first-order valence-electron chi connectivity index (χ1n) is 10.5. The number of benzene rings is 1. The number of aliphatic hydroxyl groups excluding tert-OH is 1. The van der Waals surface area contributed by atoms with Gasteiger partial charge in [-0.25, -0.2) is 4.98 Å². The summed E-state index contributed by atoms with van der Waals surface area (Å²) in [6, 6.07) is 12.1. The molecule has 3 aromatic rings. The summed E-state index contributed by atoms with van der Waals surface area (Å²) in [4.78, 5) is 17.2. The second-order valence-corrected chi connectivity index (χ2v) is 8.20. The fourth-order valence-electron chi connectivity index (χ4n) is 4.04. The molecule has 30 heavy (non-hydrogen) atoms. The number of hydrogen-bond donors (Lipinski definition) is 2. The SMILES string of the molecule is Cc1nc(C(=O)NC2CCC[C@@H]2O)cc(Cc2ccc(-c3ccn(C)n3)cc2)c1C. The van der Waals surface area contributed by atoms with E-state index in [0.29, 0.717) is 5.69 Å². The van der Waals surface area contributed by atoms with Gasteiger partial charge in [0.15, 0.2) is 0 Å². The maximum atomic E-state index is 12.7. The van der Waals surface area contributed by atoms with Gasteiger partial charge in [0, 0.05) is 24.5 Å². The molecule has 0 aliphatic heterocycles. The quantitative estimate of drug-likeness (QED) is 0.684. The van der Waals surface area contributed by atoms with Gasteiger partial charge in [0.25, 0.3) is 5.91 Å². The van der Waals surface area contributed by atoms with Crippen LogP contribution in [0.4, 0.5) is 0 Å². The fraction of sp³-hybridized carbons (Fsp3) is 0.375. The number of aliphatic hydroxyl groups is 1. The Balaban J connectivity index is 1.53. The van der Waals surface area contributed by atoms with Crippen LogP contribution in [0, 0.1) is 13.8 Å². The lowest BCUT2D eigenvalue weighted by atomic mass is 9.98. The smallest absolute Gasteiger partial charge is 0.270 e. The van der Waals surface area contributed by atoms with Crippen molar-refractivity contribution in [3.05, 3.63) is 70.7 Å². The average Bonchev–Trinajstić information content (AvgIpc) is 3.34. The third kappa shape index (κ3) is 4.28. The van der Waals surface area contributed by atoms with Crippen LogP contribution in [0.3, 0.4) is 0 Å². The fourth-order valence-corrected chi connectivity index (χ4v) is 4.04. The zero-order valence-corrected chi connectivity index (χ0v) is 17.7. The van der Waals surface area contributed by atoms with Crippen molar-refractivity contribution in [3.63, 3.8) is 0 Å². The Hall–Kier alpha value is -2.99. The van der Waals surface area contributed by atoms with Gasteiger partial charge in [0.05, 0.1) is 17.8 Å². The number of hydrogen-bond acceptors (Lipinski definition) is 4. The minimum atomic E-state index is -0.461. The Labute approximate surface area is 177 Å². The molecule has 2 atom stereocenters. The standard InChI is InChI=1S/C24H28N4O2/c1-15-16(2)25-22(24(30)26-21-5-4-6-23(21)29)14-19(15)13-17-7-9-18(10-8-17)20-11-12-28(3)27-20/h7-12,14,21,23,29H,4-6,13H2,1-3H3,(H,26,30)/t21?,23-/m0/s1. The first-order valence-corrected chi connectivity index (χ1v) is 10.5. The van der Waals surface area contributed by atoms with E-state index in [-0.39, 0.29) is 11.9 Å². The van der Waals surface area contributed by atoms with Crippen LogP contribution < -0.4 is 5.32 Å². The van der Waals surface area contributed by atoms with Crippen molar-refractivity contribution in [2.45, 2.75) is 51.7 Å². The third-order valence-corrected chi connectivity index (χ3v) is 6.01. The first-order chi connectivity index (χ1) is 14.4. The number of pyridine rings is 1. The zero-order valence-electron chi connectivity index (χ0n) is 17.7. The average molecular weight is 405 g/mol. The molecule has 2 N–H and O–H groups in total. The molecule has 1 saturated carbocycles. The van der Waals surface area contributed by atoms with E-state index in [9.17, 15) is 9.90 Å². The number of amides is 1. The summed E-state index contributed by atoms with van der Waals surface area (Å²) in [6.45, 7) is 3.98. The molecule has 1 aliphatic rings. The summed E-state index contributed by atoms with van der Waals surface area (Å²) in [7, 11) is 1.91. The van der Waals surface area contributed by atoms with Crippen LogP contribution in [-0.2, 0) is 13.5 Å². The van der Waals surface area contributed by atoms with Crippen LogP contribution >= 0.6 is 0 Å². The van der Waals surface area contributed by atoms with Crippen LogP contribution in [0.25, 0.3) is 11.3 Å². The number of carbonyl (C=O) groups is 1. The summed E-state index contributed by atoms with van der Waals surface area (Å²) in [5.74, 6) is -0.212. The number of aryl methyl sites for hydroxylation is 2. The number of aromatic nitrogens is 3. The molecule has 0 spiro atoms. The molecule has 0 bridgehead atoms. The van der Waals surface area contributed by atoms with Crippen LogP contribution in [0.5, 0.6) is 0 Å². The van der Waals surface area contributed by atoms with E-state index in [0.717, 1.165) is 53.8 Å². The molecule has 6 heteroatoms. The lowest BCUT2D eigenvalue weighted by molar-refractivity contribution is 0.0868. The number of rotatable bonds is 5.